The van der Waals surface area contributed by atoms with Crippen LogP contribution in [0.3, 0.4) is 0 Å². The van der Waals surface area contributed by atoms with Crippen LogP contribution in [-0.4, -0.2) is 11.2 Å². The average molecular weight is 549 g/mol. The molecular weight excluding hydrogens is 472 g/mol. The molecule has 0 saturated carbocycles. The predicted molar refractivity (Wildman–Crippen MR) is 179 cm³/mol. The Bertz CT molecular complexity index is 442. The van der Waals surface area contributed by atoms with Gasteiger partial charge in [0, 0.05) is 0 Å². The smallest absolute Gasteiger partial charge is 0.0574 e. The lowest BCUT2D eigenvalue weighted by Gasteiger charge is -2.08. The fraction of sp³-hybridized carbons (Fsp3) is 0.947. The van der Waals surface area contributed by atoms with E-state index in [1.54, 1.807) is 0 Å². The SMILES string of the molecule is CCCCCCCCCCCCCCC=CCC(O)CCCCCCCCCCCCCCCCCCCC. The van der Waals surface area contributed by atoms with Crippen LogP contribution in [0, 0.1) is 0 Å². The van der Waals surface area contributed by atoms with Gasteiger partial charge in [-0.3, -0.25) is 0 Å². The van der Waals surface area contributed by atoms with Gasteiger partial charge in [-0.15, -0.1) is 0 Å². The number of allylic oxidation sites excluding steroid dienone is 1. The fourth-order valence-corrected chi connectivity index (χ4v) is 5.87. The van der Waals surface area contributed by atoms with E-state index < -0.39 is 0 Å². The van der Waals surface area contributed by atoms with Crippen molar-refractivity contribution in [1.82, 2.24) is 0 Å². The largest absolute Gasteiger partial charge is 0.393 e. The van der Waals surface area contributed by atoms with E-state index in [4.69, 9.17) is 0 Å². The molecule has 0 radical (unpaired) electrons. The van der Waals surface area contributed by atoms with Crippen molar-refractivity contribution < 1.29 is 5.11 Å². The first-order chi connectivity index (χ1) is 19.3. The quantitative estimate of drug-likeness (QED) is 0.0626. The highest BCUT2D eigenvalue weighted by molar-refractivity contribution is 4.84. The van der Waals surface area contributed by atoms with Gasteiger partial charge >= 0.3 is 0 Å². The van der Waals surface area contributed by atoms with Crippen LogP contribution < -0.4 is 0 Å². The van der Waals surface area contributed by atoms with E-state index in [1.807, 2.05) is 0 Å². The summed E-state index contributed by atoms with van der Waals surface area (Å²) in [5.41, 5.74) is 0. The van der Waals surface area contributed by atoms with Crippen molar-refractivity contribution in [2.75, 3.05) is 0 Å². The average Bonchev–Trinajstić information content (AvgIpc) is 2.94. The molecule has 0 fully saturated rings. The lowest BCUT2D eigenvalue weighted by Crippen LogP contribution is -2.04. The maximum absolute atomic E-state index is 10.2. The zero-order valence-electron chi connectivity index (χ0n) is 27.5. The summed E-state index contributed by atoms with van der Waals surface area (Å²) < 4.78 is 0. The summed E-state index contributed by atoms with van der Waals surface area (Å²) in [6.07, 6.45) is 50.0. The van der Waals surface area contributed by atoms with Crippen molar-refractivity contribution >= 4 is 0 Å². The van der Waals surface area contributed by atoms with Gasteiger partial charge in [-0.1, -0.05) is 212 Å². The van der Waals surface area contributed by atoms with Crippen molar-refractivity contribution in [2.24, 2.45) is 0 Å². The van der Waals surface area contributed by atoms with Crippen molar-refractivity contribution in [2.45, 2.75) is 232 Å². The summed E-state index contributed by atoms with van der Waals surface area (Å²) in [5, 5.41) is 10.2. The second-order valence-electron chi connectivity index (χ2n) is 12.8. The molecule has 0 aliphatic carbocycles. The highest BCUT2D eigenvalue weighted by Gasteiger charge is 2.01. The standard InChI is InChI=1S/C38H76O/c1-3-5-7-9-11-13-15-17-19-20-21-23-25-27-29-31-33-35-37-38(39)36-34-32-30-28-26-24-22-18-16-14-12-10-8-6-4-2/h32,34,38-39H,3-31,33,35-37H2,1-2H3. The normalized spacial score (nSPS) is 12.6. The monoisotopic (exact) mass is 549 g/mol. The molecule has 1 atom stereocenters. The van der Waals surface area contributed by atoms with Crippen LogP contribution in [0.2, 0.25) is 0 Å². The van der Waals surface area contributed by atoms with Crippen LogP contribution in [0.25, 0.3) is 0 Å². The second kappa shape index (κ2) is 35.7. The lowest BCUT2D eigenvalue weighted by atomic mass is 10.0. The molecule has 0 heterocycles. The lowest BCUT2D eigenvalue weighted by molar-refractivity contribution is 0.163. The van der Waals surface area contributed by atoms with Crippen LogP contribution in [0.5, 0.6) is 0 Å². The van der Waals surface area contributed by atoms with Crippen molar-refractivity contribution in [3.8, 4) is 0 Å². The third-order valence-electron chi connectivity index (χ3n) is 8.69. The number of aliphatic hydroxyl groups is 1. The summed E-state index contributed by atoms with van der Waals surface area (Å²) in [4.78, 5) is 0. The Hall–Kier alpha value is -0.300. The molecule has 0 aromatic rings. The Balaban J connectivity index is 3.20. The number of aliphatic hydroxyl groups excluding tert-OH is 1. The van der Waals surface area contributed by atoms with Crippen molar-refractivity contribution in [1.29, 1.82) is 0 Å². The summed E-state index contributed by atoms with van der Waals surface area (Å²) in [6.45, 7) is 4.59. The Labute approximate surface area is 248 Å². The van der Waals surface area contributed by atoms with E-state index in [2.05, 4.69) is 26.0 Å². The molecule has 0 bridgehead atoms. The van der Waals surface area contributed by atoms with Gasteiger partial charge in [-0.25, -0.2) is 0 Å². The molecule has 234 valence electrons. The van der Waals surface area contributed by atoms with Gasteiger partial charge in [-0.05, 0) is 25.7 Å². The Morgan fingerprint density at radius 1 is 0.359 bits per heavy atom. The fourth-order valence-electron chi connectivity index (χ4n) is 5.87. The van der Waals surface area contributed by atoms with Gasteiger partial charge in [0.25, 0.3) is 0 Å². The molecule has 0 aromatic carbocycles. The highest BCUT2D eigenvalue weighted by atomic mass is 16.3. The Morgan fingerprint density at radius 2 is 0.641 bits per heavy atom. The minimum absolute atomic E-state index is 0.121. The molecule has 0 saturated heterocycles. The molecule has 1 nitrogen and oxygen atoms in total. The van der Waals surface area contributed by atoms with Gasteiger partial charge in [0.1, 0.15) is 0 Å². The van der Waals surface area contributed by atoms with Crippen molar-refractivity contribution in [3.05, 3.63) is 12.2 Å². The highest BCUT2D eigenvalue weighted by Crippen LogP contribution is 2.16. The van der Waals surface area contributed by atoms with Crippen LogP contribution in [0.15, 0.2) is 12.2 Å². The summed E-state index contributed by atoms with van der Waals surface area (Å²) in [7, 11) is 0. The van der Waals surface area contributed by atoms with E-state index >= 15 is 0 Å². The molecule has 1 unspecified atom stereocenters. The van der Waals surface area contributed by atoms with E-state index in [0.29, 0.717) is 0 Å². The molecule has 0 aliphatic heterocycles. The predicted octanol–water partition coefficient (Wildman–Crippen LogP) is 13.8. The van der Waals surface area contributed by atoms with Gasteiger partial charge in [-0.2, -0.15) is 0 Å². The van der Waals surface area contributed by atoms with E-state index in [9.17, 15) is 5.11 Å². The molecule has 0 amide bonds. The first-order valence-corrected chi connectivity index (χ1v) is 18.6. The van der Waals surface area contributed by atoms with E-state index in [1.165, 1.54) is 199 Å². The van der Waals surface area contributed by atoms with E-state index in [0.717, 1.165) is 12.8 Å². The molecular formula is C38H76O. The van der Waals surface area contributed by atoms with Crippen LogP contribution in [0.4, 0.5) is 0 Å². The zero-order chi connectivity index (χ0) is 28.3. The number of hydrogen-bond donors (Lipinski definition) is 1. The second-order valence-corrected chi connectivity index (χ2v) is 12.8. The summed E-state index contributed by atoms with van der Waals surface area (Å²) in [6, 6.07) is 0. The number of unbranched alkanes of at least 4 members (excludes halogenated alkanes) is 29. The molecule has 1 heteroatoms. The summed E-state index contributed by atoms with van der Waals surface area (Å²) in [5.74, 6) is 0. The number of rotatable bonds is 34. The molecule has 0 aromatic heterocycles. The summed E-state index contributed by atoms with van der Waals surface area (Å²) >= 11 is 0. The van der Waals surface area contributed by atoms with Crippen LogP contribution >= 0.6 is 0 Å². The minimum Gasteiger partial charge on any atom is -0.393 e. The first-order valence-electron chi connectivity index (χ1n) is 18.6. The first kappa shape index (κ1) is 38.7. The third-order valence-corrected chi connectivity index (χ3v) is 8.69. The molecule has 0 spiro atoms. The zero-order valence-corrected chi connectivity index (χ0v) is 27.5. The minimum atomic E-state index is -0.121. The Kier molecular flexibility index (Phi) is 35.5. The topological polar surface area (TPSA) is 20.2 Å². The van der Waals surface area contributed by atoms with Gasteiger partial charge < -0.3 is 5.11 Å². The van der Waals surface area contributed by atoms with Crippen LogP contribution in [-0.2, 0) is 0 Å². The molecule has 0 rings (SSSR count). The maximum Gasteiger partial charge on any atom is 0.0574 e. The number of hydrogen-bond acceptors (Lipinski definition) is 1. The van der Waals surface area contributed by atoms with E-state index in [-0.39, 0.29) is 6.10 Å². The van der Waals surface area contributed by atoms with Crippen molar-refractivity contribution in [3.63, 3.8) is 0 Å². The van der Waals surface area contributed by atoms with Gasteiger partial charge in [0.05, 0.1) is 6.10 Å². The Morgan fingerprint density at radius 3 is 0.974 bits per heavy atom. The molecule has 1 N–H and O–H groups in total. The third kappa shape index (κ3) is 35.7. The van der Waals surface area contributed by atoms with Crippen LogP contribution in [0.1, 0.15) is 226 Å². The molecule has 0 aliphatic rings. The van der Waals surface area contributed by atoms with Gasteiger partial charge in [0.2, 0.25) is 0 Å². The maximum atomic E-state index is 10.2. The molecule has 39 heavy (non-hydrogen) atoms. The van der Waals surface area contributed by atoms with Gasteiger partial charge in [0.15, 0.2) is 0 Å².